The predicted molar refractivity (Wildman–Crippen MR) is 85.5 cm³/mol. The number of carbonyl (C=O) groups is 4. The molecule has 0 unspecified atom stereocenters. The summed E-state index contributed by atoms with van der Waals surface area (Å²) in [6.45, 7) is 1.43. The van der Waals surface area contributed by atoms with Gasteiger partial charge in [0.25, 0.3) is 0 Å². The molecule has 0 aliphatic carbocycles. The molecule has 0 saturated carbocycles. The highest BCUT2D eigenvalue weighted by Crippen LogP contribution is 2.01. The normalized spacial score (nSPS) is 12.6. The Balaban J connectivity index is 2.70. The first-order chi connectivity index (χ1) is 11.3. The Kier molecular flexibility index (Phi) is 7.41. The molecule has 0 fully saturated rings. The Morgan fingerprint density at radius 2 is 1.75 bits per heavy atom. The Morgan fingerprint density at radius 3 is 2.29 bits per heavy atom. The van der Waals surface area contributed by atoms with Crippen molar-refractivity contribution in [3.8, 4) is 0 Å². The first-order valence-corrected chi connectivity index (χ1v) is 7.33. The zero-order valence-electron chi connectivity index (χ0n) is 13.6. The summed E-state index contributed by atoms with van der Waals surface area (Å²) in [7, 11) is 1.19. The molecule has 0 aliphatic rings. The maximum absolute atomic E-state index is 12.2. The van der Waals surface area contributed by atoms with Crippen molar-refractivity contribution in [1.29, 1.82) is 0 Å². The highest BCUT2D eigenvalue weighted by Gasteiger charge is 2.26. The topological polar surface area (TPSA) is 128 Å². The molecule has 2 atom stereocenters. The Labute approximate surface area is 139 Å². The zero-order valence-corrected chi connectivity index (χ0v) is 13.6. The van der Waals surface area contributed by atoms with Crippen LogP contribution in [0.5, 0.6) is 0 Å². The molecule has 0 bridgehead atoms. The minimum Gasteiger partial charge on any atom is -0.467 e. The molecule has 4 N–H and O–H groups in total. The third-order valence-electron chi connectivity index (χ3n) is 3.18. The van der Waals surface area contributed by atoms with Gasteiger partial charge in [-0.2, -0.15) is 0 Å². The van der Waals surface area contributed by atoms with E-state index in [2.05, 4.69) is 15.4 Å². The molecule has 8 nitrogen and oxygen atoms in total. The fourth-order valence-corrected chi connectivity index (χ4v) is 1.99. The molecule has 0 aromatic heterocycles. The molecule has 0 aliphatic heterocycles. The molecule has 3 amide bonds. The highest BCUT2D eigenvalue weighted by molar-refractivity contribution is 5.94. The van der Waals surface area contributed by atoms with E-state index >= 15 is 0 Å². The molecule has 1 aromatic rings. The average Bonchev–Trinajstić information content (AvgIpc) is 2.53. The first-order valence-electron chi connectivity index (χ1n) is 7.33. The zero-order chi connectivity index (χ0) is 18.1. The van der Waals surface area contributed by atoms with Gasteiger partial charge in [0.1, 0.15) is 12.1 Å². The summed E-state index contributed by atoms with van der Waals surface area (Å²) in [6.07, 6.45) is -0.323. The van der Waals surface area contributed by atoms with Crippen LogP contribution in [0.25, 0.3) is 0 Å². The number of amides is 3. The fraction of sp³-hybridized carbons (Fsp3) is 0.375. The van der Waals surface area contributed by atoms with Gasteiger partial charge in [-0.25, -0.2) is 4.79 Å². The maximum atomic E-state index is 12.2. The lowest BCUT2D eigenvalue weighted by Gasteiger charge is -2.19. The second kappa shape index (κ2) is 9.29. The van der Waals surface area contributed by atoms with Crippen LogP contribution in [0.15, 0.2) is 30.3 Å². The van der Waals surface area contributed by atoms with Gasteiger partial charge in [0.05, 0.1) is 20.0 Å². The predicted octanol–water partition coefficient (Wildman–Crippen LogP) is -0.733. The SMILES string of the molecule is COC(=O)[C@H](C)NC(=O)[C@@H](CC(N)=O)NC(=O)Cc1ccccc1. The lowest BCUT2D eigenvalue weighted by Crippen LogP contribution is -2.52. The largest absolute Gasteiger partial charge is 0.467 e. The number of ether oxygens (including phenoxy) is 1. The second-order valence-electron chi connectivity index (χ2n) is 5.21. The Hall–Kier alpha value is -2.90. The van der Waals surface area contributed by atoms with E-state index in [0.717, 1.165) is 5.56 Å². The van der Waals surface area contributed by atoms with Gasteiger partial charge < -0.3 is 21.1 Å². The van der Waals surface area contributed by atoms with E-state index in [1.165, 1.54) is 14.0 Å². The van der Waals surface area contributed by atoms with Crippen molar-refractivity contribution in [2.24, 2.45) is 5.73 Å². The van der Waals surface area contributed by atoms with Gasteiger partial charge in [0.2, 0.25) is 17.7 Å². The van der Waals surface area contributed by atoms with E-state index in [4.69, 9.17) is 5.73 Å². The number of methoxy groups -OCH3 is 1. The Bertz CT molecular complexity index is 603. The van der Waals surface area contributed by atoms with Gasteiger partial charge >= 0.3 is 5.97 Å². The van der Waals surface area contributed by atoms with Crippen LogP contribution in [0.4, 0.5) is 0 Å². The van der Waals surface area contributed by atoms with E-state index in [0.29, 0.717) is 0 Å². The summed E-state index contributed by atoms with van der Waals surface area (Å²) >= 11 is 0. The van der Waals surface area contributed by atoms with E-state index in [1.807, 2.05) is 6.07 Å². The van der Waals surface area contributed by atoms with Crippen LogP contribution in [-0.2, 0) is 30.3 Å². The van der Waals surface area contributed by atoms with Crippen molar-refractivity contribution in [2.45, 2.75) is 31.8 Å². The van der Waals surface area contributed by atoms with Crippen LogP contribution < -0.4 is 16.4 Å². The summed E-state index contributed by atoms with van der Waals surface area (Å²) < 4.78 is 4.50. The minimum absolute atomic E-state index is 0.0515. The number of esters is 1. The lowest BCUT2D eigenvalue weighted by molar-refractivity contribution is -0.144. The number of rotatable bonds is 8. The number of carbonyl (C=O) groups excluding carboxylic acids is 4. The van der Waals surface area contributed by atoms with Crippen molar-refractivity contribution < 1.29 is 23.9 Å². The first kappa shape index (κ1) is 19.1. The maximum Gasteiger partial charge on any atom is 0.328 e. The van der Waals surface area contributed by atoms with E-state index in [9.17, 15) is 19.2 Å². The van der Waals surface area contributed by atoms with Gasteiger partial charge in [-0.1, -0.05) is 30.3 Å². The lowest BCUT2D eigenvalue weighted by atomic mass is 10.1. The quantitative estimate of drug-likeness (QED) is 0.540. The summed E-state index contributed by atoms with van der Waals surface area (Å²) in [4.78, 5) is 46.7. The van der Waals surface area contributed by atoms with Crippen molar-refractivity contribution in [3.05, 3.63) is 35.9 Å². The minimum atomic E-state index is -1.16. The molecule has 0 radical (unpaired) electrons. The monoisotopic (exact) mass is 335 g/mol. The van der Waals surface area contributed by atoms with Crippen molar-refractivity contribution in [1.82, 2.24) is 10.6 Å². The summed E-state index contributed by atoms with van der Waals surface area (Å²) in [5.74, 6) is -2.51. The number of nitrogens with one attached hydrogen (secondary N) is 2. The molecule has 0 spiro atoms. The number of hydrogen-bond acceptors (Lipinski definition) is 5. The van der Waals surface area contributed by atoms with Crippen LogP contribution in [0.1, 0.15) is 18.9 Å². The van der Waals surface area contributed by atoms with Gasteiger partial charge in [0.15, 0.2) is 0 Å². The highest BCUT2D eigenvalue weighted by atomic mass is 16.5. The fourth-order valence-electron chi connectivity index (χ4n) is 1.99. The van der Waals surface area contributed by atoms with E-state index < -0.39 is 35.8 Å². The molecular formula is C16H21N3O5. The molecule has 0 heterocycles. The number of benzene rings is 1. The van der Waals surface area contributed by atoms with Crippen LogP contribution in [0, 0.1) is 0 Å². The van der Waals surface area contributed by atoms with Crippen molar-refractivity contribution in [2.75, 3.05) is 7.11 Å². The molecule has 0 saturated heterocycles. The van der Waals surface area contributed by atoms with Crippen LogP contribution >= 0.6 is 0 Å². The molecule has 8 heteroatoms. The van der Waals surface area contributed by atoms with Crippen molar-refractivity contribution in [3.63, 3.8) is 0 Å². The van der Waals surface area contributed by atoms with Crippen molar-refractivity contribution >= 4 is 23.7 Å². The third kappa shape index (κ3) is 6.47. The van der Waals surface area contributed by atoms with Gasteiger partial charge in [-0.05, 0) is 12.5 Å². The summed E-state index contributed by atoms with van der Waals surface area (Å²) in [6, 6.07) is 6.85. The van der Waals surface area contributed by atoms with Gasteiger partial charge in [0, 0.05) is 0 Å². The number of nitrogens with two attached hydrogens (primary N) is 1. The van der Waals surface area contributed by atoms with Crippen LogP contribution in [0.3, 0.4) is 0 Å². The second-order valence-corrected chi connectivity index (χ2v) is 5.21. The van der Waals surface area contributed by atoms with Crippen LogP contribution in [-0.4, -0.2) is 42.9 Å². The molecule has 1 rings (SSSR count). The average molecular weight is 335 g/mol. The molecule has 130 valence electrons. The van der Waals surface area contributed by atoms with Crippen LogP contribution in [0.2, 0.25) is 0 Å². The van der Waals surface area contributed by atoms with Gasteiger partial charge in [-0.3, -0.25) is 14.4 Å². The van der Waals surface area contributed by atoms with Gasteiger partial charge in [-0.15, -0.1) is 0 Å². The third-order valence-corrected chi connectivity index (χ3v) is 3.18. The number of hydrogen-bond donors (Lipinski definition) is 3. The van der Waals surface area contributed by atoms with E-state index in [1.54, 1.807) is 24.3 Å². The molecule has 24 heavy (non-hydrogen) atoms. The standard InChI is InChI=1S/C16H21N3O5/c1-10(16(23)24-2)18-15(22)12(9-13(17)20)19-14(21)8-11-6-4-3-5-7-11/h3-7,10,12H,8-9H2,1-2H3,(H2,17,20)(H,18,22)(H,19,21)/t10-,12+/m0/s1. The summed E-state index contributed by atoms with van der Waals surface area (Å²) in [5, 5.41) is 4.82. The molecule has 1 aromatic carbocycles. The van der Waals surface area contributed by atoms with E-state index in [-0.39, 0.29) is 12.8 Å². The molecular weight excluding hydrogens is 314 g/mol. The number of primary amides is 1. The Morgan fingerprint density at radius 1 is 1.12 bits per heavy atom. The summed E-state index contributed by atoms with van der Waals surface area (Å²) in [5.41, 5.74) is 5.87. The smallest absolute Gasteiger partial charge is 0.328 e.